The molecule has 0 aliphatic rings. The summed E-state index contributed by atoms with van der Waals surface area (Å²) in [5, 5.41) is 16.9. The Labute approximate surface area is 148 Å². The summed E-state index contributed by atoms with van der Waals surface area (Å²) in [4.78, 5) is 19.0. The summed E-state index contributed by atoms with van der Waals surface area (Å²) >= 11 is 4.63. The van der Waals surface area contributed by atoms with E-state index in [0.29, 0.717) is 0 Å². The molecule has 0 saturated carbocycles. The molecule has 0 aliphatic heterocycles. The average Bonchev–Trinajstić information content (AvgIpc) is 1.64. The van der Waals surface area contributed by atoms with Gasteiger partial charge in [0.2, 0.25) is 0 Å². The summed E-state index contributed by atoms with van der Waals surface area (Å²) in [6, 6.07) is 0. The van der Waals surface area contributed by atoms with Crippen LogP contribution in [0, 0.1) is 0 Å². The number of hydrogen-bond donors (Lipinski definition) is 0. The van der Waals surface area contributed by atoms with Crippen molar-refractivity contribution in [3.05, 3.63) is 0 Å². The van der Waals surface area contributed by atoms with E-state index in [9.17, 15) is 19.8 Å². The third-order valence-electron chi connectivity index (χ3n) is 0.414. The fourth-order valence-corrected chi connectivity index (χ4v) is 0.0962. The van der Waals surface area contributed by atoms with E-state index in [4.69, 9.17) is 0 Å². The van der Waals surface area contributed by atoms with Gasteiger partial charge in [-0.3, -0.25) is 0 Å². The van der Waals surface area contributed by atoms with Gasteiger partial charge in [-0.2, -0.15) is 0 Å². The predicted molar refractivity (Wildman–Crippen MR) is 19.7 cm³/mol. The van der Waals surface area contributed by atoms with E-state index >= 15 is 0 Å². The average molecular weight is 215 g/mol. The van der Waals surface area contributed by atoms with Crippen molar-refractivity contribution in [3.8, 4) is 0 Å². The summed E-state index contributed by atoms with van der Waals surface area (Å²) in [6.07, 6.45) is 0. The second-order valence-corrected chi connectivity index (χ2v) is 1.44. The molecular formula is C3HClK2O4. The Bertz CT molecular complexity index is 114. The van der Waals surface area contributed by atoms with E-state index in [1.165, 1.54) is 0 Å². The van der Waals surface area contributed by atoms with Gasteiger partial charge in [-0.25, -0.2) is 0 Å². The van der Waals surface area contributed by atoms with Crippen LogP contribution in [0.4, 0.5) is 0 Å². The normalized spacial score (nSPS) is 7.40. The van der Waals surface area contributed by atoms with Gasteiger partial charge in [0.1, 0.15) is 5.38 Å². The van der Waals surface area contributed by atoms with Crippen molar-refractivity contribution >= 4 is 23.5 Å². The van der Waals surface area contributed by atoms with Crippen LogP contribution in [0.1, 0.15) is 0 Å². The third kappa shape index (κ3) is 8.60. The van der Waals surface area contributed by atoms with Crippen LogP contribution >= 0.6 is 11.6 Å². The predicted octanol–water partition coefficient (Wildman–Crippen LogP) is -8.90. The Morgan fingerprint density at radius 1 is 1.10 bits per heavy atom. The van der Waals surface area contributed by atoms with Gasteiger partial charge in [0.15, 0.2) is 0 Å². The maximum Gasteiger partial charge on any atom is 1.00 e. The van der Waals surface area contributed by atoms with Gasteiger partial charge >= 0.3 is 103 Å². The van der Waals surface area contributed by atoms with Crippen molar-refractivity contribution in [1.29, 1.82) is 0 Å². The first-order valence-corrected chi connectivity index (χ1v) is 2.05. The van der Waals surface area contributed by atoms with Crippen LogP contribution in [-0.4, -0.2) is 17.3 Å². The van der Waals surface area contributed by atoms with E-state index in [-0.39, 0.29) is 103 Å². The molecule has 0 aromatic heterocycles. The largest absolute Gasteiger partial charge is 1.00 e. The molecule has 0 spiro atoms. The molecule has 0 saturated heterocycles. The molecule has 10 heavy (non-hydrogen) atoms. The first kappa shape index (κ1) is 18.3. The molecule has 7 heteroatoms. The molecule has 0 rings (SSSR count). The minimum absolute atomic E-state index is 0. The number of carbonyl (C=O) groups excluding carboxylic acids is 2. The quantitative estimate of drug-likeness (QED) is 0.260. The van der Waals surface area contributed by atoms with E-state index in [1.807, 2.05) is 0 Å². The first-order chi connectivity index (χ1) is 3.55. The van der Waals surface area contributed by atoms with Crippen LogP contribution < -0.4 is 113 Å². The maximum atomic E-state index is 9.48. The molecule has 0 fully saturated rings. The third-order valence-corrected chi connectivity index (χ3v) is 0.770. The molecule has 0 aromatic carbocycles. The first-order valence-electron chi connectivity index (χ1n) is 1.61. The summed E-state index contributed by atoms with van der Waals surface area (Å²) < 4.78 is 0. The van der Waals surface area contributed by atoms with E-state index in [0.717, 1.165) is 0 Å². The zero-order valence-corrected chi connectivity index (χ0v) is 12.6. The zero-order valence-electron chi connectivity index (χ0n) is 5.59. The van der Waals surface area contributed by atoms with E-state index in [1.54, 1.807) is 0 Å². The van der Waals surface area contributed by atoms with Crippen LogP contribution in [0.2, 0.25) is 0 Å². The molecule has 0 atom stereocenters. The number of aliphatic carboxylic acids is 2. The molecule has 0 aliphatic carbocycles. The Morgan fingerprint density at radius 3 is 1.30 bits per heavy atom. The molecule has 0 radical (unpaired) electrons. The topological polar surface area (TPSA) is 80.3 Å². The molecule has 0 heterocycles. The smallest absolute Gasteiger partial charge is 0.548 e. The Kier molecular flexibility index (Phi) is 17.6. The van der Waals surface area contributed by atoms with Gasteiger partial charge in [0.05, 0.1) is 11.9 Å². The molecule has 0 N–H and O–H groups in total. The fourth-order valence-electron chi connectivity index (χ4n) is 0.0962. The minimum atomic E-state index is -2.05. The molecule has 0 aromatic rings. The second-order valence-electron chi connectivity index (χ2n) is 1.00. The minimum Gasteiger partial charge on any atom is -0.548 e. The van der Waals surface area contributed by atoms with E-state index in [2.05, 4.69) is 11.6 Å². The van der Waals surface area contributed by atoms with Crippen LogP contribution in [0.5, 0.6) is 0 Å². The standard InChI is InChI=1S/C3H3ClO4.2K/c4-1(2(5)6)3(7)8;;/h1H,(H,5,6)(H,7,8);;/q;2*+1/p-2. The van der Waals surface area contributed by atoms with Crippen LogP contribution in [0.3, 0.4) is 0 Å². The number of hydrogen-bond acceptors (Lipinski definition) is 4. The van der Waals surface area contributed by atoms with Gasteiger partial charge in [-0.05, 0) is 0 Å². The van der Waals surface area contributed by atoms with Crippen LogP contribution in [0.15, 0.2) is 0 Å². The number of carbonyl (C=O) groups is 2. The molecule has 0 unspecified atom stereocenters. The Morgan fingerprint density at radius 2 is 1.30 bits per heavy atom. The second kappa shape index (κ2) is 9.59. The van der Waals surface area contributed by atoms with Crippen molar-refractivity contribution in [2.45, 2.75) is 5.38 Å². The van der Waals surface area contributed by atoms with Crippen LogP contribution in [0.25, 0.3) is 0 Å². The zero-order chi connectivity index (χ0) is 6.73. The summed E-state index contributed by atoms with van der Waals surface area (Å²) in [5.74, 6) is -3.71. The molecule has 0 amide bonds. The number of carboxylic acid groups (broad SMARTS) is 2. The fraction of sp³-hybridized carbons (Fsp3) is 0.333. The number of alkyl halides is 1. The molecular weight excluding hydrogens is 214 g/mol. The van der Waals surface area contributed by atoms with Crippen molar-refractivity contribution in [2.75, 3.05) is 0 Å². The van der Waals surface area contributed by atoms with Gasteiger partial charge in [-0.15, -0.1) is 11.6 Å². The molecule has 4 nitrogen and oxygen atoms in total. The Balaban J connectivity index is -0.000000245. The van der Waals surface area contributed by atoms with Crippen molar-refractivity contribution in [3.63, 3.8) is 0 Å². The number of carboxylic acids is 2. The maximum absolute atomic E-state index is 9.48. The van der Waals surface area contributed by atoms with Crippen LogP contribution in [-0.2, 0) is 9.59 Å². The van der Waals surface area contributed by atoms with Crippen molar-refractivity contribution < 1.29 is 123 Å². The van der Waals surface area contributed by atoms with Crippen molar-refractivity contribution in [1.82, 2.24) is 0 Å². The van der Waals surface area contributed by atoms with Gasteiger partial charge < -0.3 is 19.8 Å². The van der Waals surface area contributed by atoms with Gasteiger partial charge in [-0.1, -0.05) is 0 Å². The van der Waals surface area contributed by atoms with E-state index < -0.39 is 17.3 Å². The summed E-state index contributed by atoms with van der Waals surface area (Å²) in [7, 11) is 0. The monoisotopic (exact) mass is 214 g/mol. The molecule has 46 valence electrons. The number of halogens is 1. The summed E-state index contributed by atoms with van der Waals surface area (Å²) in [6.45, 7) is 0. The number of rotatable bonds is 2. The Hall–Kier alpha value is 2.50. The van der Waals surface area contributed by atoms with Crippen molar-refractivity contribution in [2.24, 2.45) is 0 Å². The van der Waals surface area contributed by atoms with Gasteiger partial charge in [0.25, 0.3) is 0 Å². The molecule has 0 bridgehead atoms. The van der Waals surface area contributed by atoms with Gasteiger partial charge in [0, 0.05) is 0 Å². The SMILES string of the molecule is O=C([O-])C(Cl)C(=O)[O-].[K+].[K+]. The summed E-state index contributed by atoms with van der Waals surface area (Å²) in [5.41, 5.74) is 0.